The van der Waals surface area contributed by atoms with Crippen molar-refractivity contribution in [1.29, 1.82) is 0 Å². The van der Waals surface area contributed by atoms with Crippen molar-refractivity contribution in [2.75, 3.05) is 26.2 Å². The number of sulfonamides is 1. The monoisotopic (exact) mass is 453 g/mol. The Labute approximate surface area is 154 Å². The van der Waals surface area contributed by atoms with E-state index in [9.17, 15) is 8.42 Å². The van der Waals surface area contributed by atoms with E-state index in [2.05, 4.69) is 26.5 Å². The molecule has 7 nitrogen and oxygen atoms in total. The van der Waals surface area contributed by atoms with E-state index >= 15 is 0 Å². The van der Waals surface area contributed by atoms with Crippen molar-refractivity contribution in [1.82, 2.24) is 14.6 Å². The van der Waals surface area contributed by atoms with Crippen LogP contribution in [0.15, 0.2) is 34.4 Å². The van der Waals surface area contributed by atoms with E-state index in [1.807, 2.05) is 0 Å². The largest absolute Gasteiger partial charge is 0.370 e. The topological polar surface area (TPSA) is 101 Å². The Morgan fingerprint density at radius 2 is 2.17 bits per heavy atom. The molecular formula is C14H24IN5O2S. The maximum atomic E-state index is 12.0. The van der Waals surface area contributed by atoms with Gasteiger partial charge in [-0.2, -0.15) is 0 Å². The van der Waals surface area contributed by atoms with Crippen molar-refractivity contribution in [2.45, 2.75) is 24.7 Å². The zero-order chi connectivity index (χ0) is 16.0. The lowest BCUT2D eigenvalue weighted by molar-refractivity contribution is 0.277. The number of aromatic nitrogens is 1. The van der Waals surface area contributed by atoms with Gasteiger partial charge in [0.05, 0.1) is 6.54 Å². The Hall–Kier alpha value is -0.940. The first-order valence-electron chi connectivity index (χ1n) is 7.43. The molecule has 0 unspecified atom stereocenters. The number of nitrogens with zero attached hydrogens (tertiary/aromatic N) is 3. The summed E-state index contributed by atoms with van der Waals surface area (Å²) in [5, 5.41) is 0. The van der Waals surface area contributed by atoms with Gasteiger partial charge >= 0.3 is 0 Å². The Morgan fingerprint density at radius 1 is 1.48 bits per heavy atom. The summed E-state index contributed by atoms with van der Waals surface area (Å²) in [7, 11) is -3.53. The van der Waals surface area contributed by atoms with Gasteiger partial charge in [0, 0.05) is 32.0 Å². The minimum absolute atomic E-state index is 0. The van der Waals surface area contributed by atoms with Crippen molar-refractivity contribution >= 4 is 40.0 Å². The van der Waals surface area contributed by atoms with Crippen LogP contribution in [0.3, 0.4) is 0 Å². The quantitative estimate of drug-likeness (QED) is 0.300. The molecule has 1 aliphatic rings. The highest BCUT2D eigenvalue weighted by Gasteiger charge is 2.17. The van der Waals surface area contributed by atoms with E-state index in [0.29, 0.717) is 12.5 Å². The summed E-state index contributed by atoms with van der Waals surface area (Å²) >= 11 is 0. The minimum atomic E-state index is -3.53. The van der Waals surface area contributed by atoms with Crippen molar-refractivity contribution < 1.29 is 8.42 Å². The fourth-order valence-corrected chi connectivity index (χ4v) is 3.26. The Morgan fingerprint density at radius 3 is 2.78 bits per heavy atom. The molecule has 3 N–H and O–H groups in total. The molecule has 23 heavy (non-hydrogen) atoms. The van der Waals surface area contributed by atoms with E-state index in [1.54, 1.807) is 6.07 Å². The summed E-state index contributed by atoms with van der Waals surface area (Å²) < 4.78 is 26.4. The Kier molecular flexibility index (Phi) is 8.20. The highest BCUT2D eigenvalue weighted by atomic mass is 127. The van der Waals surface area contributed by atoms with Crippen LogP contribution in [0.1, 0.15) is 19.8 Å². The first kappa shape index (κ1) is 20.1. The number of halogens is 1. The average Bonchev–Trinajstić information content (AvgIpc) is 2.53. The molecule has 0 amide bonds. The summed E-state index contributed by atoms with van der Waals surface area (Å²) in [4.78, 5) is 10.2. The summed E-state index contributed by atoms with van der Waals surface area (Å²) in [5.74, 6) is 1.22. The van der Waals surface area contributed by atoms with Gasteiger partial charge in [0.15, 0.2) is 5.96 Å². The number of likely N-dealkylation sites (tertiary alicyclic amines) is 1. The third-order valence-corrected chi connectivity index (χ3v) is 5.18. The molecule has 1 aromatic heterocycles. The SMILES string of the molecule is CC1CCN(C(N)=NCCNS(=O)(=O)c2cccnc2)CC1.I. The predicted molar refractivity (Wildman–Crippen MR) is 101 cm³/mol. The first-order valence-corrected chi connectivity index (χ1v) is 8.92. The number of piperidine rings is 1. The molecule has 130 valence electrons. The number of nitrogens with one attached hydrogen (secondary N) is 1. The van der Waals surface area contributed by atoms with Crippen LogP contribution in [-0.4, -0.2) is 50.4 Å². The fourth-order valence-electron chi connectivity index (χ4n) is 2.28. The molecule has 1 fully saturated rings. The van der Waals surface area contributed by atoms with Gasteiger partial charge in [-0.3, -0.25) is 9.98 Å². The molecular weight excluding hydrogens is 429 g/mol. The number of nitrogens with two attached hydrogens (primary N) is 1. The molecule has 0 aliphatic carbocycles. The second kappa shape index (κ2) is 9.38. The van der Waals surface area contributed by atoms with Gasteiger partial charge in [0.2, 0.25) is 10.0 Å². The average molecular weight is 453 g/mol. The molecule has 0 saturated carbocycles. The first-order chi connectivity index (χ1) is 10.5. The van der Waals surface area contributed by atoms with Crippen LogP contribution in [0.4, 0.5) is 0 Å². The molecule has 1 saturated heterocycles. The summed E-state index contributed by atoms with van der Waals surface area (Å²) in [6, 6.07) is 3.09. The zero-order valence-electron chi connectivity index (χ0n) is 13.2. The lowest BCUT2D eigenvalue weighted by Gasteiger charge is -2.31. The maximum Gasteiger partial charge on any atom is 0.242 e. The number of pyridine rings is 1. The minimum Gasteiger partial charge on any atom is -0.370 e. The van der Waals surface area contributed by atoms with Crippen molar-refractivity contribution in [3.63, 3.8) is 0 Å². The van der Waals surface area contributed by atoms with Gasteiger partial charge < -0.3 is 10.6 Å². The summed E-state index contributed by atoms with van der Waals surface area (Å²) in [6.45, 7) is 4.59. The third-order valence-electron chi connectivity index (χ3n) is 3.73. The van der Waals surface area contributed by atoms with Crippen molar-refractivity contribution in [3.05, 3.63) is 24.5 Å². The molecule has 2 heterocycles. The van der Waals surface area contributed by atoms with Crippen molar-refractivity contribution in [3.8, 4) is 0 Å². The number of hydrogen-bond acceptors (Lipinski definition) is 4. The Bertz CT molecular complexity index is 601. The maximum absolute atomic E-state index is 12.0. The van der Waals surface area contributed by atoms with Gasteiger partial charge in [-0.25, -0.2) is 13.1 Å². The van der Waals surface area contributed by atoms with Crippen LogP contribution in [0.25, 0.3) is 0 Å². The smallest absolute Gasteiger partial charge is 0.242 e. The number of guanidine groups is 1. The van der Waals surface area contributed by atoms with E-state index < -0.39 is 10.0 Å². The van der Waals surface area contributed by atoms with Gasteiger partial charge in [0.1, 0.15) is 4.90 Å². The fraction of sp³-hybridized carbons (Fsp3) is 0.571. The number of rotatable bonds is 5. The second-order valence-electron chi connectivity index (χ2n) is 5.50. The molecule has 0 aromatic carbocycles. The van der Waals surface area contributed by atoms with Crippen molar-refractivity contribution in [2.24, 2.45) is 16.6 Å². The van der Waals surface area contributed by atoms with Crippen LogP contribution in [-0.2, 0) is 10.0 Å². The van der Waals surface area contributed by atoms with E-state index in [0.717, 1.165) is 31.8 Å². The van der Waals surface area contributed by atoms with Gasteiger partial charge in [-0.1, -0.05) is 6.92 Å². The van der Waals surface area contributed by atoms with Crippen LogP contribution >= 0.6 is 24.0 Å². The number of aliphatic imine (C=N–C) groups is 1. The summed E-state index contributed by atoms with van der Waals surface area (Å²) in [6.07, 6.45) is 5.08. The number of hydrogen-bond donors (Lipinski definition) is 2. The molecule has 0 radical (unpaired) electrons. The third kappa shape index (κ3) is 6.22. The summed E-state index contributed by atoms with van der Waals surface area (Å²) in [5.41, 5.74) is 5.94. The van der Waals surface area contributed by atoms with Crippen LogP contribution < -0.4 is 10.5 Å². The highest BCUT2D eigenvalue weighted by Crippen LogP contribution is 2.15. The molecule has 1 aromatic rings. The normalized spacial score (nSPS) is 16.9. The zero-order valence-corrected chi connectivity index (χ0v) is 16.3. The highest BCUT2D eigenvalue weighted by molar-refractivity contribution is 14.0. The molecule has 2 rings (SSSR count). The molecule has 9 heteroatoms. The van der Waals surface area contributed by atoms with E-state index in [4.69, 9.17) is 5.73 Å². The van der Waals surface area contributed by atoms with E-state index in [1.165, 1.54) is 18.5 Å². The molecule has 0 spiro atoms. The second-order valence-corrected chi connectivity index (χ2v) is 7.26. The molecule has 0 atom stereocenters. The van der Waals surface area contributed by atoms with Gasteiger partial charge in [-0.05, 0) is 30.9 Å². The predicted octanol–water partition coefficient (Wildman–Crippen LogP) is 1.02. The molecule has 0 bridgehead atoms. The lowest BCUT2D eigenvalue weighted by atomic mass is 10.00. The Balaban J connectivity index is 0.00000264. The van der Waals surface area contributed by atoms with Crippen LogP contribution in [0.2, 0.25) is 0 Å². The standard InChI is InChI=1S/C14H23N5O2S.HI/c1-12-4-9-19(10-5-12)14(15)17-7-8-18-22(20,21)13-3-2-6-16-11-13;/h2-3,6,11-12,18H,4-5,7-10H2,1H3,(H2,15,17);1H. The van der Waals surface area contributed by atoms with E-state index in [-0.39, 0.29) is 35.4 Å². The lowest BCUT2D eigenvalue weighted by Crippen LogP contribution is -2.42. The van der Waals surface area contributed by atoms with Gasteiger partial charge in [-0.15, -0.1) is 24.0 Å². The molecule has 1 aliphatic heterocycles. The van der Waals surface area contributed by atoms with Gasteiger partial charge in [0.25, 0.3) is 0 Å². The van der Waals surface area contributed by atoms with Crippen LogP contribution in [0.5, 0.6) is 0 Å². The van der Waals surface area contributed by atoms with Crippen LogP contribution in [0, 0.1) is 5.92 Å².